The van der Waals surface area contributed by atoms with E-state index in [2.05, 4.69) is 10.6 Å². The van der Waals surface area contributed by atoms with Crippen LogP contribution in [0.2, 0.25) is 10.0 Å². The number of carbonyl (C=O) groups is 3. The molecule has 2 amide bonds. The average Bonchev–Trinajstić information content (AvgIpc) is 2.81. The van der Waals surface area contributed by atoms with Gasteiger partial charge in [0, 0.05) is 37.3 Å². The number of benzene rings is 4. The van der Waals surface area contributed by atoms with E-state index in [1.807, 2.05) is 6.07 Å². The number of nitrogens with one attached hydrogen (secondary N) is 2. The number of hydrogen-bond donors (Lipinski definition) is 3. The first kappa shape index (κ1) is 24.6. The van der Waals surface area contributed by atoms with E-state index in [0.29, 0.717) is 32.2 Å². The van der Waals surface area contributed by atoms with Crippen molar-refractivity contribution in [3.05, 3.63) is 100 Å². The molecule has 4 aromatic rings. The zero-order chi connectivity index (χ0) is 24.9. The smallest absolute Gasteiger partial charge is 0.336 e. The van der Waals surface area contributed by atoms with Crippen LogP contribution in [0.1, 0.15) is 20.7 Å². The van der Waals surface area contributed by atoms with Crippen LogP contribution in [0.25, 0.3) is 10.8 Å². The number of carboxylic acid groups (broad SMARTS) is 1. The lowest BCUT2D eigenvalue weighted by Gasteiger charge is -2.11. The summed E-state index contributed by atoms with van der Waals surface area (Å²) in [5, 5.41) is 17.0. The van der Waals surface area contributed by atoms with E-state index < -0.39 is 11.9 Å². The highest BCUT2D eigenvalue weighted by atomic mass is 35.5. The summed E-state index contributed by atoms with van der Waals surface area (Å²) in [5.74, 6) is -1.64. The molecule has 0 aromatic heterocycles. The molecule has 0 aliphatic carbocycles. The van der Waals surface area contributed by atoms with Crippen LogP contribution in [0.4, 0.5) is 11.4 Å². The van der Waals surface area contributed by atoms with Gasteiger partial charge in [-0.2, -0.15) is 0 Å². The Morgan fingerprint density at radius 1 is 0.771 bits per heavy atom. The molecule has 9 heteroatoms. The number of aromatic carboxylic acids is 1. The average molecular weight is 525 g/mol. The third-order valence-corrected chi connectivity index (χ3v) is 6.42. The number of halogens is 2. The van der Waals surface area contributed by atoms with E-state index in [-0.39, 0.29) is 22.8 Å². The number of carboxylic acids is 1. The molecule has 35 heavy (non-hydrogen) atoms. The van der Waals surface area contributed by atoms with Crippen LogP contribution in [-0.2, 0) is 4.79 Å². The molecule has 0 heterocycles. The molecule has 0 unspecified atom stereocenters. The van der Waals surface area contributed by atoms with Crippen LogP contribution >= 0.6 is 35.0 Å². The quantitative estimate of drug-likeness (QED) is 0.230. The molecule has 0 fully saturated rings. The van der Waals surface area contributed by atoms with Crippen molar-refractivity contribution in [1.82, 2.24) is 0 Å². The topological polar surface area (TPSA) is 95.5 Å². The fourth-order valence-electron chi connectivity index (χ4n) is 3.54. The summed E-state index contributed by atoms with van der Waals surface area (Å²) in [6, 6.07) is 21.8. The molecule has 0 saturated carbocycles. The van der Waals surface area contributed by atoms with E-state index in [0.717, 1.165) is 4.90 Å². The summed E-state index contributed by atoms with van der Waals surface area (Å²) in [5.41, 5.74) is 1.35. The number of thioether (sulfide) groups is 1. The van der Waals surface area contributed by atoms with Gasteiger partial charge in [0.1, 0.15) is 0 Å². The first-order valence-electron chi connectivity index (χ1n) is 10.4. The van der Waals surface area contributed by atoms with Crippen molar-refractivity contribution in [1.29, 1.82) is 0 Å². The lowest BCUT2D eigenvalue weighted by Crippen LogP contribution is -2.14. The molecular weight excluding hydrogens is 507 g/mol. The Morgan fingerprint density at radius 3 is 2.11 bits per heavy atom. The van der Waals surface area contributed by atoms with E-state index in [1.54, 1.807) is 66.7 Å². The lowest BCUT2D eigenvalue weighted by molar-refractivity contribution is -0.113. The number of hydrogen-bond acceptors (Lipinski definition) is 4. The Bertz CT molecular complexity index is 1430. The molecule has 176 valence electrons. The number of rotatable bonds is 7. The van der Waals surface area contributed by atoms with Gasteiger partial charge in [0.05, 0.1) is 11.3 Å². The van der Waals surface area contributed by atoms with Crippen LogP contribution in [0.3, 0.4) is 0 Å². The highest BCUT2D eigenvalue weighted by Crippen LogP contribution is 2.27. The predicted molar refractivity (Wildman–Crippen MR) is 141 cm³/mol. The third-order valence-electron chi connectivity index (χ3n) is 4.99. The van der Waals surface area contributed by atoms with Gasteiger partial charge in [0.25, 0.3) is 5.91 Å². The summed E-state index contributed by atoms with van der Waals surface area (Å²) < 4.78 is 0. The molecule has 0 atom stereocenters. The van der Waals surface area contributed by atoms with Crippen LogP contribution in [-0.4, -0.2) is 28.6 Å². The van der Waals surface area contributed by atoms with Crippen molar-refractivity contribution in [2.45, 2.75) is 4.90 Å². The van der Waals surface area contributed by atoms with Crippen LogP contribution in [0.15, 0.2) is 83.8 Å². The summed E-state index contributed by atoms with van der Waals surface area (Å²) in [4.78, 5) is 37.8. The van der Waals surface area contributed by atoms with Crippen molar-refractivity contribution >= 4 is 74.9 Å². The molecule has 4 aromatic carbocycles. The van der Waals surface area contributed by atoms with Crippen molar-refractivity contribution in [2.75, 3.05) is 16.4 Å². The molecule has 0 aliphatic rings. The van der Waals surface area contributed by atoms with Gasteiger partial charge in [0.15, 0.2) is 0 Å². The molecule has 0 bridgehead atoms. The Kier molecular flexibility index (Phi) is 7.60. The van der Waals surface area contributed by atoms with Gasteiger partial charge in [-0.05, 0) is 53.9 Å². The van der Waals surface area contributed by atoms with Crippen molar-refractivity contribution in [2.24, 2.45) is 0 Å². The van der Waals surface area contributed by atoms with E-state index in [9.17, 15) is 19.5 Å². The fourth-order valence-corrected chi connectivity index (χ4v) is 4.82. The monoisotopic (exact) mass is 524 g/mol. The van der Waals surface area contributed by atoms with Crippen LogP contribution in [0, 0.1) is 0 Å². The van der Waals surface area contributed by atoms with E-state index in [4.69, 9.17) is 23.2 Å². The summed E-state index contributed by atoms with van der Waals surface area (Å²) >= 11 is 13.2. The van der Waals surface area contributed by atoms with Gasteiger partial charge in [-0.1, -0.05) is 53.5 Å². The maximum absolute atomic E-state index is 13.0. The standard InChI is InChI=1S/C26H18Cl2N2O4S/c27-16-10-17(28)12-19(11-16)29-23(31)14-35-20-7-3-6-18(13-20)30-25(32)21-8-1-4-15-5-2-9-22(24(15)21)26(33)34/h1-13H,14H2,(H,29,31)(H,30,32)(H,33,34). The molecule has 4 rings (SSSR count). The molecule has 6 nitrogen and oxygen atoms in total. The number of amides is 2. The van der Waals surface area contributed by atoms with E-state index >= 15 is 0 Å². The van der Waals surface area contributed by atoms with E-state index in [1.165, 1.54) is 17.8 Å². The van der Waals surface area contributed by atoms with Crippen LogP contribution < -0.4 is 10.6 Å². The summed E-state index contributed by atoms with van der Waals surface area (Å²) in [6.45, 7) is 0. The maximum atomic E-state index is 13.0. The molecule has 0 saturated heterocycles. The fraction of sp³-hybridized carbons (Fsp3) is 0.0385. The molecule has 0 aliphatic heterocycles. The van der Waals surface area contributed by atoms with Gasteiger partial charge in [0.2, 0.25) is 5.91 Å². The Morgan fingerprint density at radius 2 is 1.43 bits per heavy atom. The third kappa shape index (κ3) is 6.14. The second-order valence-corrected chi connectivity index (χ2v) is 9.41. The first-order valence-corrected chi connectivity index (χ1v) is 12.1. The van der Waals surface area contributed by atoms with Gasteiger partial charge in [-0.3, -0.25) is 9.59 Å². The molecule has 0 spiro atoms. The maximum Gasteiger partial charge on any atom is 0.336 e. The summed E-state index contributed by atoms with van der Waals surface area (Å²) in [7, 11) is 0. The normalized spacial score (nSPS) is 10.7. The minimum Gasteiger partial charge on any atom is -0.478 e. The Labute approximate surface area is 215 Å². The van der Waals surface area contributed by atoms with Crippen molar-refractivity contribution in [3.8, 4) is 0 Å². The number of fused-ring (bicyclic) bond motifs is 1. The van der Waals surface area contributed by atoms with Gasteiger partial charge < -0.3 is 15.7 Å². The zero-order valence-corrected chi connectivity index (χ0v) is 20.4. The molecular formula is C26H18Cl2N2O4S. The number of carbonyl (C=O) groups excluding carboxylic acids is 2. The number of anilines is 2. The highest BCUT2D eigenvalue weighted by molar-refractivity contribution is 8.00. The Balaban J connectivity index is 1.46. The minimum absolute atomic E-state index is 0.0598. The largest absolute Gasteiger partial charge is 0.478 e. The first-order chi connectivity index (χ1) is 16.8. The van der Waals surface area contributed by atoms with Crippen LogP contribution in [0.5, 0.6) is 0 Å². The van der Waals surface area contributed by atoms with Gasteiger partial charge in [-0.15, -0.1) is 11.8 Å². The predicted octanol–water partition coefficient (Wildman–Crippen LogP) is 6.83. The molecule has 0 radical (unpaired) electrons. The van der Waals surface area contributed by atoms with Crippen molar-refractivity contribution in [3.63, 3.8) is 0 Å². The lowest BCUT2D eigenvalue weighted by atomic mass is 9.98. The summed E-state index contributed by atoms with van der Waals surface area (Å²) in [6.07, 6.45) is 0. The van der Waals surface area contributed by atoms with Gasteiger partial charge in [-0.25, -0.2) is 4.79 Å². The van der Waals surface area contributed by atoms with Gasteiger partial charge >= 0.3 is 5.97 Å². The zero-order valence-electron chi connectivity index (χ0n) is 18.0. The Hall–Kier alpha value is -3.52. The highest BCUT2D eigenvalue weighted by Gasteiger charge is 2.17. The second kappa shape index (κ2) is 10.8. The van der Waals surface area contributed by atoms with Crippen molar-refractivity contribution < 1.29 is 19.5 Å². The minimum atomic E-state index is -1.10. The molecule has 3 N–H and O–H groups in total. The SMILES string of the molecule is O=C(CSc1cccc(NC(=O)c2cccc3cccc(C(=O)O)c23)c1)Nc1cc(Cl)cc(Cl)c1. The second-order valence-electron chi connectivity index (χ2n) is 7.49.